The van der Waals surface area contributed by atoms with E-state index in [9.17, 15) is 9.90 Å². The van der Waals surface area contributed by atoms with Gasteiger partial charge >= 0.3 is 0 Å². The van der Waals surface area contributed by atoms with E-state index in [-0.39, 0.29) is 16.8 Å². The van der Waals surface area contributed by atoms with Gasteiger partial charge in [-0.1, -0.05) is 29.3 Å². The quantitative estimate of drug-likeness (QED) is 0.253. The second-order valence-electron chi connectivity index (χ2n) is 6.74. The van der Waals surface area contributed by atoms with Gasteiger partial charge in [0.1, 0.15) is 11.3 Å². The van der Waals surface area contributed by atoms with E-state index in [0.717, 1.165) is 5.56 Å². The number of amides is 1. The van der Waals surface area contributed by atoms with E-state index >= 15 is 0 Å². The topological polar surface area (TPSA) is 87.4 Å². The highest BCUT2D eigenvalue weighted by atomic mass is 35.5. The van der Waals surface area contributed by atoms with Crippen molar-refractivity contribution in [2.45, 2.75) is 6.92 Å². The molecular formula is C22H15Cl2N3O3S. The predicted octanol–water partition coefficient (Wildman–Crippen LogP) is 5.94. The summed E-state index contributed by atoms with van der Waals surface area (Å²) in [6.45, 7) is 1.85. The molecule has 3 N–H and O–H groups in total. The number of carbonyl (C=O) groups excluding carboxylic acids is 1. The van der Waals surface area contributed by atoms with Gasteiger partial charge < -0.3 is 14.8 Å². The number of nitrogens with one attached hydrogen (secondary N) is 2. The van der Waals surface area contributed by atoms with E-state index in [1.807, 2.05) is 6.92 Å². The molecule has 4 rings (SSSR count). The largest absolute Gasteiger partial charge is 0.507 e. The van der Waals surface area contributed by atoms with Crippen LogP contribution >= 0.6 is 35.4 Å². The molecule has 0 fully saturated rings. The minimum Gasteiger partial charge on any atom is -0.507 e. The molecule has 9 heteroatoms. The molecule has 3 aromatic carbocycles. The number of phenolic OH excluding ortho intramolecular Hbond substituents is 1. The van der Waals surface area contributed by atoms with Gasteiger partial charge in [0.15, 0.2) is 10.7 Å². The number of thiocarbonyl (C=S) groups is 1. The fourth-order valence-electron chi connectivity index (χ4n) is 2.87. The van der Waals surface area contributed by atoms with Gasteiger partial charge in [0.25, 0.3) is 5.91 Å². The van der Waals surface area contributed by atoms with Crippen LogP contribution < -0.4 is 10.6 Å². The first-order valence-corrected chi connectivity index (χ1v) is 10.2. The first-order chi connectivity index (χ1) is 14.8. The second-order valence-corrected chi connectivity index (χ2v) is 7.99. The molecule has 0 saturated carbocycles. The maximum Gasteiger partial charge on any atom is 0.257 e. The van der Waals surface area contributed by atoms with E-state index in [2.05, 4.69) is 15.6 Å². The monoisotopic (exact) mass is 471 g/mol. The minimum absolute atomic E-state index is 0.0209. The molecule has 156 valence electrons. The molecule has 0 unspecified atom stereocenters. The Morgan fingerprint density at radius 1 is 1.10 bits per heavy atom. The molecule has 31 heavy (non-hydrogen) atoms. The highest BCUT2D eigenvalue weighted by Gasteiger charge is 2.15. The van der Waals surface area contributed by atoms with Gasteiger partial charge in [-0.2, -0.15) is 0 Å². The van der Waals surface area contributed by atoms with Crippen LogP contribution in [-0.4, -0.2) is 21.1 Å². The molecule has 6 nitrogen and oxygen atoms in total. The molecule has 0 saturated heterocycles. The highest BCUT2D eigenvalue weighted by molar-refractivity contribution is 7.80. The van der Waals surface area contributed by atoms with Crippen LogP contribution in [0.5, 0.6) is 5.75 Å². The first-order valence-electron chi connectivity index (χ1n) is 9.08. The predicted molar refractivity (Wildman–Crippen MR) is 126 cm³/mol. The van der Waals surface area contributed by atoms with Crippen LogP contribution in [-0.2, 0) is 0 Å². The number of aromatic nitrogens is 1. The second kappa shape index (κ2) is 8.55. The third-order valence-electron chi connectivity index (χ3n) is 4.50. The van der Waals surface area contributed by atoms with Crippen LogP contribution in [0.15, 0.2) is 59.0 Å². The Morgan fingerprint density at radius 2 is 1.90 bits per heavy atom. The number of oxazole rings is 1. The summed E-state index contributed by atoms with van der Waals surface area (Å²) in [7, 11) is 0. The Balaban J connectivity index is 1.53. The number of nitrogens with zero attached hydrogens (tertiary/aromatic N) is 1. The average molecular weight is 472 g/mol. The fraction of sp³-hybridized carbons (Fsp3) is 0.0455. The molecule has 1 amide bonds. The number of carbonyl (C=O) groups is 1. The van der Waals surface area contributed by atoms with Gasteiger partial charge in [0, 0.05) is 21.3 Å². The Morgan fingerprint density at radius 3 is 2.68 bits per heavy atom. The molecule has 0 bridgehead atoms. The molecule has 4 aromatic rings. The summed E-state index contributed by atoms with van der Waals surface area (Å²) >= 11 is 17.3. The van der Waals surface area contributed by atoms with Crippen LogP contribution in [0.2, 0.25) is 10.0 Å². The summed E-state index contributed by atoms with van der Waals surface area (Å²) in [5.41, 5.74) is 3.25. The van der Waals surface area contributed by atoms with E-state index < -0.39 is 5.91 Å². The molecule has 0 aliphatic heterocycles. The van der Waals surface area contributed by atoms with Gasteiger partial charge in [0.2, 0.25) is 5.89 Å². The summed E-state index contributed by atoms with van der Waals surface area (Å²) in [6, 6.07) is 14.8. The lowest BCUT2D eigenvalue weighted by Gasteiger charge is -2.11. The summed E-state index contributed by atoms with van der Waals surface area (Å²) in [5, 5.41) is 16.9. The van der Waals surface area contributed by atoms with Crippen molar-refractivity contribution in [3.8, 4) is 17.2 Å². The summed E-state index contributed by atoms with van der Waals surface area (Å²) in [5.74, 6) is -0.190. The molecule has 0 aliphatic rings. The molecular weight excluding hydrogens is 457 g/mol. The average Bonchev–Trinajstić information content (AvgIpc) is 3.14. The van der Waals surface area contributed by atoms with Crippen LogP contribution in [0.3, 0.4) is 0 Å². The van der Waals surface area contributed by atoms with Crippen LogP contribution in [0.4, 0.5) is 5.69 Å². The smallest absolute Gasteiger partial charge is 0.257 e. The van der Waals surface area contributed by atoms with E-state index in [0.29, 0.717) is 38.0 Å². The maximum absolute atomic E-state index is 12.4. The Kier molecular flexibility index (Phi) is 5.82. The van der Waals surface area contributed by atoms with E-state index in [4.69, 9.17) is 39.8 Å². The van der Waals surface area contributed by atoms with Crippen molar-refractivity contribution in [3.63, 3.8) is 0 Å². The van der Waals surface area contributed by atoms with Gasteiger partial charge in [-0.15, -0.1) is 0 Å². The zero-order valence-electron chi connectivity index (χ0n) is 16.1. The Bertz CT molecular complexity index is 1340. The molecule has 1 heterocycles. The number of anilines is 1. The number of hydrogen-bond acceptors (Lipinski definition) is 5. The van der Waals surface area contributed by atoms with E-state index in [1.165, 1.54) is 6.07 Å². The number of aryl methyl sites for hydroxylation is 1. The van der Waals surface area contributed by atoms with E-state index in [1.54, 1.807) is 48.5 Å². The van der Waals surface area contributed by atoms with Crippen LogP contribution in [0, 0.1) is 6.92 Å². The normalized spacial score (nSPS) is 10.8. The minimum atomic E-state index is -0.394. The highest BCUT2D eigenvalue weighted by Crippen LogP contribution is 2.33. The lowest BCUT2D eigenvalue weighted by molar-refractivity contribution is 0.0977. The Labute approximate surface area is 192 Å². The standard InChI is InChI=1S/C22H15Cl2N3O3S/c1-11-2-3-12(8-16(11)24)20(29)27-22(31)25-14-5-6-18(28)15(10-14)21-26-17-9-13(23)4-7-19(17)30-21/h2-10,28H,1H3,(H2,25,27,29,31). The molecule has 0 spiro atoms. The third kappa shape index (κ3) is 4.64. The van der Waals surface area contributed by atoms with Gasteiger partial charge in [-0.25, -0.2) is 4.98 Å². The summed E-state index contributed by atoms with van der Waals surface area (Å²) in [6.07, 6.45) is 0. The molecule has 0 radical (unpaired) electrons. The van der Waals surface area contributed by atoms with Crippen molar-refractivity contribution in [1.82, 2.24) is 10.3 Å². The Hall–Kier alpha value is -3.13. The van der Waals surface area contributed by atoms with Crippen molar-refractivity contribution in [3.05, 3.63) is 75.8 Å². The van der Waals surface area contributed by atoms with Gasteiger partial charge in [-0.05, 0) is 73.2 Å². The lowest BCUT2D eigenvalue weighted by Crippen LogP contribution is -2.34. The number of fused-ring (bicyclic) bond motifs is 1. The zero-order valence-corrected chi connectivity index (χ0v) is 18.4. The lowest BCUT2D eigenvalue weighted by atomic mass is 10.1. The zero-order chi connectivity index (χ0) is 22.1. The van der Waals surface area contributed by atoms with Crippen molar-refractivity contribution in [2.75, 3.05) is 5.32 Å². The first kappa shape index (κ1) is 21.1. The van der Waals surface area contributed by atoms with Crippen LogP contribution in [0.1, 0.15) is 15.9 Å². The maximum atomic E-state index is 12.4. The van der Waals surface area contributed by atoms with Crippen molar-refractivity contribution in [2.24, 2.45) is 0 Å². The van der Waals surface area contributed by atoms with Gasteiger partial charge in [-0.3, -0.25) is 10.1 Å². The number of hydrogen-bond donors (Lipinski definition) is 3. The number of aromatic hydroxyl groups is 1. The van der Waals surface area contributed by atoms with Crippen molar-refractivity contribution >= 4 is 63.2 Å². The number of benzene rings is 3. The SMILES string of the molecule is Cc1ccc(C(=O)NC(=S)Nc2ccc(O)c(-c3nc4cc(Cl)ccc4o3)c2)cc1Cl. The molecule has 1 aromatic heterocycles. The molecule has 0 atom stereocenters. The number of rotatable bonds is 3. The van der Waals surface area contributed by atoms with Crippen molar-refractivity contribution < 1.29 is 14.3 Å². The summed E-state index contributed by atoms with van der Waals surface area (Å²) < 4.78 is 5.72. The number of halogens is 2. The van der Waals surface area contributed by atoms with Gasteiger partial charge in [0.05, 0.1) is 5.56 Å². The third-order valence-corrected chi connectivity index (χ3v) is 5.34. The molecule has 0 aliphatic carbocycles. The number of phenols is 1. The fourth-order valence-corrected chi connectivity index (χ4v) is 3.43. The van der Waals surface area contributed by atoms with Crippen molar-refractivity contribution in [1.29, 1.82) is 0 Å². The summed E-state index contributed by atoms with van der Waals surface area (Å²) in [4.78, 5) is 16.8. The van der Waals surface area contributed by atoms with Crippen LogP contribution in [0.25, 0.3) is 22.6 Å².